The van der Waals surface area contributed by atoms with E-state index in [4.69, 9.17) is 4.42 Å². The van der Waals surface area contributed by atoms with E-state index in [0.29, 0.717) is 12.3 Å². The number of rotatable bonds is 7. The monoisotopic (exact) mass is 280 g/mol. The maximum absolute atomic E-state index is 11.8. The number of carbonyl (C=O) groups is 1. The summed E-state index contributed by atoms with van der Waals surface area (Å²) in [4.78, 5) is 15.8. The Morgan fingerprint density at radius 1 is 1.53 bits per heavy atom. The molecular weight excluding hydrogens is 264 g/mol. The summed E-state index contributed by atoms with van der Waals surface area (Å²) >= 11 is 1.66. The second-order valence-corrected chi connectivity index (χ2v) is 4.86. The second kappa shape index (κ2) is 6.98. The molecule has 2 aromatic rings. The van der Waals surface area contributed by atoms with Gasteiger partial charge >= 0.3 is 0 Å². The Kier molecular flexibility index (Phi) is 5.02. The minimum absolute atomic E-state index is 0.176. The third kappa shape index (κ3) is 4.13. The molecule has 2 heterocycles. The highest BCUT2D eigenvalue weighted by Crippen LogP contribution is 2.13. The Hall–Kier alpha value is -1.76. The predicted octanol–water partition coefficient (Wildman–Crippen LogP) is 1.62. The standard InChI is InChI=1S/C12H16N4O2S/c1-19-7-9-4-5-10(18-9)12(17)13-6-2-3-11-14-8-15-16-11/h4-5,8H,2-3,6-7H2,1H3,(H,13,17)(H,14,15,16). The van der Waals surface area contributed by atoms with Gasteiger partial charge in [0.25, 0.3) is 5.91 Å². The zero-order valence-corrected chi connectivity index (χ0v) is 11.5. The number of nitrogens with zero attached hydrogens (tertiary/aromatic N) is 2. The molecule has 0 aliphatic rings. The van der Waals surface area contributed by atoms with E-state index in [1.165, 1.54) is 6.33 Å². The Morgan fingerprint density at radius 2 is 2.42 bits per heavy atom. The van der Waals surface area contributed by atoms with Crippen molar-refractivity contribution in [1.82, 2.24) is 20.5 Å². The van der Waals surface area contributed by atoms with Crippen molar-refractivity contribution in [3.8, 4) is 0 Å². The van der Waals surface area contributed by atoms with Crippen molar-refractivity contribution in [2.24, 2.45) is 0 Å². The number of H-pyrrole nitrogens is 1. The molecule has 0 atom stereocenters. The van der Waals surface area contributed by atoms with Gasteiger partial charge in [-0.2, -0.15) is 16.9 Å². The fourth-order valence-electron chi connectivity index (χ4n) is 1.62. The van der Waals surface area contributed by atoms with Crippen LogP contribution < -0.4 is 5.32 Å². The zero-order chi connectivity index (χ0) is 13.5. The van der Waals surface area contributed by atoms with Crippen molar-refractivity contribution >= 4 is 17.7 Å². The Balaban J connectivity index is 1.71. The van der Waals surface area contributed by atoms with Crippen LogP contribution in [0.1, 0.15) is 28.6 Å². The van der Waals surface area contributed by atoms with Gasteiger partial charge in [-0.25, -0.2) is 4.98 Å². The topological polar surface area (TPSA) is 83.8 Å². The van der Waals surface area contributed by atoms with Crippen LogP contribution in [0.3, 0.4) is 0 Å². The number of hydrogen-bond acceptors (Lipinski definition) is 5. The molecular formula is C12H16N4O2S. The molecule has 0 fully saturated rings. The molecule has 0 spiro atoms. The number of carbonyl (C=O) groups excluding carboxylic acids is 1. The summed E-state index contributed by atoms with van der Waals surface area (Å²) < 4.78 is 5.43. The minimum Gasteiger partial charge on any atom is -0.455 e. The van der Waals surface area contributed by atoms with E-state index in [-0.39, 0.29) is 5.91 Å². The van der Waals surface area contributed by atoms with Crippen molar-refractivity contribution in [1.29, 1.82) is 0 Å². The highest BCUT2D eigenvalue weighted by atomic mass is 32.2. The second-order valence-electron chi connectivity index (χ2n) is 3.99. The van der Waals surface area contributed by atoms with E-state index >= 15 is 0 Å². The number of aryl methyl sites for hydroxylation is 1. The van der Waals surface area contributed by atoms with Gasteiger partial charge in [-0.1, -0.05) is 0 Å². The summed E-state index contributed by atoms with van der Waals surface area (Å²) in [6.45, 7) is 0.581. The molecule has 19 heavy (non-hydrogen) atoms. The molecule has 0 bridgehead atoms. The van der Waals surface area contributed by atoms with Gasteiger partial charge in [-0.3, -0.25) is 9.89 Å². The van der Waals surface area contributed by atoms with Crippen molar-refractivity contribution in [2.75, 3.05) is 12.8 Å². The van der Waals surface area contributed by atoms with Gasteiger partial charge in [-0.05, 0) is 24.8 Å². The van der Waals surface area contributed by atoms with Gasteiger partial charge in [0.1, 0.15) is 17.9 Å². The first-order valence-corrected chi connectivity index (χ1v) is 7.39. The molecule has 0 unspecified atom stereocenters. The molecule has 0 saturated carbocycles. The third-order valence-electron chi connectivity index (χ3n) is 2.51. The van der Waals surface area contributed by atoms with Crippen molar-refractivity contribution in [3.63, 3.8) is 0 Å². The van der Waals surface area contributed by atoms with Gasteiger partial charge in [-0.15, -0.1) is 0 Å². The van der Waals surface area contributed by atoms with Gasteiger partial charge in [0.05, 0.1) is 5.75 Å². The number of hydrogen-bond donors (Lipinski definition) is 2. The molecule has 0 radical (unpaired) electrons. The number of thioether (sulfide) groups is 1. The summed E-state index contributed by atoms with van der Waals surface area (Å²) in [5, 5.41) is 9.36. The highest BCUT2D eigenvalue weighted by Gasteiger charge is 2.10. The SMILES string of the molecule is CSCc1ccc(C(=O)NCCCc2ncn[nH]2)o1. The Bertz CT molecular complexity index is 510. The average Bonchev–Trinajstić information content (AvgIpc) is 3.06. The van der Waals surface area contributed by atoms with E-state index < -0.39 is 0 Å². The summed E-state index contributed by atoms with van der Waals surface area (Å²) in [6, 6.07) is 3.54. The molecule has 2 aromatic heterocycles. The Morgan fingerprint density at radius 3 is 3.16 bits per heavy atom. The van der Waals surface area contributed by atoms with E-state index in [2.05, 4.69) is 20.5 Å². The van der Waals surface area contributed by atoms with E-state index in [0.717, 1.165) is 30.2 Å². The van der Waals surface area contributed by atoms with Gasteiger partial charge in [0.15, 0.2) is 5.76 Å². The average molecular weight is 280 g/mol. The maximum atomic E-state index is 11.8. The van der Waals surface area contributed by atoms with Crippen LogP contribution in [0.2, 0.25) is 0 Å². The normalized spacial score (nSPS) is 10.6. The maximum Gasteiger partial charge on any atom is 0.286 e. The lowest BCUT2D eigenvalue weighted by Gasteiger charge is -2.01. The predicted molar refractivity (Wildman–Crippen MR) is 73.0 cm³/mol. The van der Waals surface area contributed by atoms with Crippen molar-refractivity contribution in [2.45, 2.75) is 18.6 Å². The lowest BCUT2D eigenvalue weighted by Crippen LogP contribution is -2.24. The molecule has 0 saturated heterocycles. The van der Waals surface area contributed by atoms with Crippen LogP contribution in [-0.2, 0) is 12.2 Å². The minimum atomic E-state index is -0.176. The number of aromatic amines is 1. The summed E-state index contributed by atoms with van der Waals surface area (Å²) in [5.74, 6) is 2.61. The van der Waals surface area contributed by atoms with Crippen LogP contribution >= 0.6 is 11.8 Å². The number of aromatic nitrogens is 3. The number of amides is 1. The van der Waals surface area contributed by atoms with Crippen LogP contribution in [0, 0.1) is 0 Å². The largest absolute Gasteiger partial charge is 0.455 e. The first-order chi connectivity index (χ1) is 9.29. The number of nitrogens with one attached hydrogen (secondary N) is 2. The van der Waals surface area contributed by atoms with Gasteiger partial charge in [0.2, 0.25) is 0 Å². The summed E-state index contributed by atoms with van der Waals surface area (Å²) in [7, 11) is 0. The van der Waals surface area contributed by atoms with Gasteiger partial charge in [0, 0.05) is 13.0 Å². The fraction of sp³-hybridized carbons (Fsp3) is 0.417. The molecule has 0 aromatic carbocycles. The van der Waals surface area contributed by atoms with E-state index in [1.54, 1.807) is 17.8 Å². The first-order valence-electron chi connectivity index (χ1n) is 5.99. The lowest BCUT2D eigenvalue weighted by atomic mass is 10.3. The van der Waals surface area contributed by atoms with Crippen LogP contribution in [0.25, 0.3) is 0 Å². The molecule has 1 amide bonds. The lowest BCUT2D eigenvalue weighted by molar-refractivity contribution is 0.0924. The van der Waals surface area contributed by atoms with Crippen LogP contribution in [-0.4, -0.2) is 33.9 Å². The quantitative estimate of drug-likeness (QED) is 0.753. The third-order valence-corrected chi connectivity index (χ3v) is 3.09. The number of furan rings is 1. The molecule has 2 rings (SSSR count). The molecule has 0 aliphatic heterocycles. The Labute approximate surface area is 115 Å². The summed E-state index contributed by atoms with van der Waals surface area (Å²) in [5.41, 5.74) is 0. The molecule has 7 heteroatoms. The van der Waals surface area contributed by atoms with Crippen LogP contribution in [0.4, 0.5) is 0 Å². The molecule has 102 valence electrons. The van der Waals surface area contributed by atoms with Crippen molar-refractivity contribution in [3.05, 3.63) is 35.8 Å². The first kappa shape index (κ1) is 13.7. The van der Waals surface area contributed by atoms with Crippen LogP contribution in [0.15, 0.2) is 22.9 Å². The van der Waals surface area contributed by atoms with E-state index in [1.807, 2.05) is 12.3 Å². The van der Waals surface area contributed by atoms with Crippen LogP contribution in [0.5, 0.6) is 0 Å². The molecule has 6 nitrogen and oxygen atoms in total. The highest BCUT2D eigenvalue weighted by molar-refractivity contribution is 7.97. The summed E-state index contributed by atoms with van der Waals surface area (Å²) in [6.07, 6.45) is 5.03. The van der Waals surface area contributed by atoms with E-state index in [9.17, 15) is 4.79 Å². The fourth-order valence-corrected chi connectivity index (χ4v) is 2.06. The van der Waals surface area contributed by atoms with Gasteiger partial charge < -0.3 is 9.73 Å². The molecule has 2 N–H and O–H groups in total. The van der Waals surface area contributed by atoms with Crippen molar-refractivity contribution < 1.29 is 9.21 Å². The smallest absolute Gasteiger partial charge is 0.286 e. The zero-order valence-electron chi connectivity index (χ0n) is 10.7. The molecule has 0 aliphatic carbocycles.